The van der Waals surface area contributed by atoms with Crippen LogP contribution in [0, 0.1) is 5.82 Å². The average Bonchev–Trinajstić information content (AvgIpc) is 3.36. The molecule has 31 heavy (non-hydrogen) atoms. The number of amides is 1. The summed E-state index contributed by atoms with van der Waals surface area (Å²) in [7, 11) is 0. The molecule has 0 aliphatic carbocycles. The molecule has 0 atom stereocenters. The monoisotopic (exact) mass is 503 g/mol. The second-order valence-corrected chi connectivity index (χ2v) is 7.82. The molecule has 0 saturated heterocycles. The molecule has 9 heteroatoms. The zero-order valence-electron chi connectivity index (χ0n) is 16.0. The average molecular weight is 505 g/mol. The summed E-state index contributed by atoms with van der Waals surface area (Å²) in [6.07, 6.45) is 1.66. The smallest absolute Gasteiger partial charge is 0.292 e. The number of hydrogen-bond donors (Lipinski definition) is 1. The molecule has 2 heterocycles. The minimum absolute atomic E-state index is 0.105. The van der Waals surface area contributed by atoms with E-state index >= 15 is 0 Å². The maximum atomic E-state index is 13.9. The van der Waals surface area contributed by atoms with Crippen molar-refractivity contribution >= 4 is 39.3 Å². The van der Waals surface area contributed by atoms with Crippen molar-refractivity contribution in [3.63, 3.8) is 0 Å². The number of nitrogens with one attached hydrogen (secondary N) is 1. The number of halogens is 3. The van der Waals surface area contributed by atoms with Gasteiger partial charge in [-0.3, -0.25) is 9.48 Å². The molecular formula is C22H16BrClFN3O3. The Labute approximate surface area is 190 Å². The van der Waals surface area contributed by atoms with Crippen LogP contribution in [0.4, 0.5) is 10.2 Å². The maximum absolute atomic E-state index is 13.9. The molecule has 158 valence electrons. The highest BCUT2D eigenvalue weighted by Crippen LogP contribution is 2.25. The Kier molecular flexibility index (Phi) is 6.39. The van der Waals surface area contributed by atoms with Gasteiger partial charge in [-0.25, -0.2) is 4.39 Å². The SMILES string of the molecule is O=C(Nc1nn(Cc2ccccc2F)cc1Br)c1ccc(COc2ccccc2Cl)o1. The lowest BCUT2D eigenvalue weighted by molar-refractivity contribution is 0.0992. The molecule has 0 bridgehead atoms. The van der Waals surface area contributed by atoms with Gasteiger partial charge in [-0.15, -0.1) is 0 Å². The first-order valence-corrected chi connectivity index (χ1v) is 10.4. The Hall–Kier alpha value is -3.10. The molecular weight excluding hydrogens is 489 g/mol. The number of carbonyl (C=O) groups excluding carboxylic acids is 1. The molecule has 0 aliphatic heterocycles. The molecule has 6 nitrogen and oxygen atoms in total. The van der Waals surface area contributed by atoms with Gasteiger partial charge in [0.05, 0.1) is 16.0 Å². The number of aromatic nitrogens is 2. The number of para-hydroxylation sites is 1. The number of benzene rings is 2. The highest BCUT2D eigenvalue weighted by atomic mass is 79.9. The second-order valence-electron chi connectivity index (χ2n) is 6.55. The molecule has 0 radical (unpaired) electrons. The molecule has 4 aromatic rings. The van der Waals surface area contributed by atoms with E-state index in [0.717, 1.165) is 0 Å². The van der Waals surface area contributed by atoms with Gasteiger partial charge >= 0.3 is 0 Å². The minimum Gasteiger partial charge on any atom is -0.484 e. The summed E-state index contributed by atoms with van der Waals surface area (Å²) in [5.74, 6) is 0.604. The van der Waals surface area contributed by atoms with Gasteiger partial charge in [0.1, 0.15) is 23.9 Å². The van der Waals surface area contributed by atoms with Gasteiger partial charge in [-0.05, 0) is 46.3 Å². The third-order valence-electron chi connectivity index (χ3n) is 4.33. The van der Waals surface area contributed by atoms with Crippen molar-refractivity contribution in [1.29, 1.82) is 0 Å². The zero-order valence-corrected chi connectivity index (χ0v) is 18.4. The van der Waals surface area contributed by atoms with Crippen molar-refractivity contribution in [2.45, 2.75) is 13.2 Å². The molecule has 4 rings (SSSR count). The van der Waals surface area contributed by atoms with Gasteiger partial charge in [0, 0.05) is 11.8 Å². The minimum atomic E-state index is -0.471. The summed E-state index contributed by atoms with van der Waals surface area (Å²) in [5.41, 5.74) is 0.490. The van der Waals surface area contributed by atoms with Crippen LogP contribution in [0.1, 0.15) is 21.9 Å². The lowest BCUT2D eigenvalue weighted by Crippen LogP contribution is -2.12. The summed E-state index contributed by atoms with van der Waals surface area (Å²) >= 11 is 9.42. The Morgan fingerprint density at radius 1 is 1.16 bits per heavy atom. The van der Waals surface area contributed by atoms with Crippen LogP contribution in [0.25, 0.3) is 0 Å². The van der Waals surface area contributed by atoms with Crippen molar-refractivity contribution in [1.82, 2.24) is 9.78 Å². The third-order valence-corrected chi connectivity index (χ3v) is 5.22. The van der Waals surface area contributed by atoms with Gasteiger partial charge in [0.25, 0.3) is 5.91 Å². The fraction of sp³-hybridized carbons (Fsp3) is 0.0909. The van der Waals surface area contributed by atoms with Crippen LogP contribution < -0.4 is 10.1 Å². The van der Waals surface area contributed by atoms with E-state index in [4.69, 9.17) is 20.8 Å². The van der Waals surface area contributed by atoms with Crippen molar-refractivity contribution < 1.29 is 18.3 Å². The Balaban J connectivity index is 1.39. The number of rotatable bonds is 7. The Bertz CT molecular complexity index is 1220. The van der Waals surface area contributed by atoms with E-state index in [2.05, 4.69) is 26.3 Å². The number of furan rings is 1. The van der Waals surface area contributed by atoms with Crippen molar-refractivity contribution in [2.24, 2.45) is 0 Å². The fourth-order valence-electron chi connectivity index (χ4n) is 2.82. The van der Waals surface area contributed by atoms with Gasteiger partial charge in [-0.1, -0.05) is 41.9 Å². The summed E-state index contributed by atoms with van der Waals surface area (Å²) in [6, 6.07) is 16.7. The number of ether oxygens (including phenoxy) is 1. The van der Waals surface area contributed by atoms with E-state index in [1.54, 1.807) is 54.7 Å². The highest BCUT2D eigenvalue weighted by Gasteiger charge is 2.16. The van der Waals surface area contributed by atoms with Gasteiger partial charge in [0.2, 0.25) is 0 Å². The van der Waals surface area contributed by atoms with E-state index < -0.39 is 5.91 Å². The van der Waals surface area contributed by atoms with Crippen LogP contribution in [-0.2, 0) is 13.2 Å². The van der Waals surface area contributed by atoms with E-state index in [1.165, 1.54) is 10.7 Å². The Morgan fingerprint density at radius 3 is 2.74 bits per heavy atom. The van der Waals surface area contributed by atoms with Gasteiger partial charge in [-0.2, -0.15) is 5.10 Å². The van der Waals surface area contributed by atoms with E-state index in [-0.39, 0.29) is 24.7 Å². The van der Waals surface area contributed by atoms with Crippen LogP contribution in [0.5, 0.6) is 5.75 Å². The predicted molar refractivity (Wildman–Crippen MR) is 118 cm³/mol. The first-order valence-electron chi connectivity index (χ1n) is 9.23. The number of nitrogens with zero attached hydrogens (tertiary/aromatic N) is 2. The number of anilines is 1. The predicted octanol–water partition coefficient (Wildman–Crippen LogP) is 5.91. The molecule has 2 aromatic carbocycles. The molecule has 1 amide bonds. The van der Waals surface area contributed by atoms with Crippen LogP contribution in [-0.4, -0.2) is 15.7 Å². The zero-order chi connectivity index (χ0) is 21.8. The molecule has 0 aliphatic rings. The molecule has 0 saturated carbocycles. The summed E-state index contributed by atoms with van der Waals surface area (Å²) in [6.45, 7) is 0.351. The lowest BCUT2D eigenvalue weighted by Gasteiger charge is -2.05. The second kappa shape index (κ2) is 9.36. The maximum Gasteiger partial charge on any atom is 0.292 e. The Morgan fingerprint density at radius 2 is 1.94 bits per heavy atom. The largest absolute Gasteiger partial charge is 0.484 e. The number of hydrogen-bond acceptors (Lipinski definition) is 4. The topological polar surface area (TPSA) is 69.3 Å². The van der Waals surface area contributed by atoms with Crippen LogP contribution in [0.15, 0.2) is 75.8 Å². The molecule has 0 fully saturated rings. The summed E-state index contributed by atoms with van der Waals surface area (Å²) in [5, 5.41) is 7.46. The third kappa shape index (κ3) is 5.15. The van der Waals surface area contributed by atoms with Crippen molar-refractivity contribution in [2.75, 3.05) is 5.32 Å². The lowest BCUT2D eigenvalue weighted by atomic mass is 10.2. The van der Waals surface area contributed by atoms with Gasteiger partial charge < -0.3 is 14.5 Å². The first-order chi connectivity index (χ1) is 15.0. The molecule has 2 aromatic heterocycles. The molecule has 0 spiro atoms. The summed E-state index contributed by atoms with van der Waals surface area (Å²) in [4.78, 5) is 12.5. The van der Waals surface area contributed by atoms with E-state index in [9.17, 15) is 9.18 Å². The van der Waals surface area contributed by atoms with Crippen molar-refractivity contribution in [3.8, 4) is 5.75 Å². The number of carbonyl (C=O) groups is 1. The summed E-state index contributed by atoms with van der Waals surface area (Å²) < 4.78 is 27.1. The van der Waals surface area contributed by atoms with Crippen LogP contribution in [0.3, 0.4) is 0 Å². The molecule has 0 unspecified atom stereocenters. The van der Waals surface area contributed by atoms with Crippen LogP contribution in [0.2, 0.25) is 5.02 Å². The quantitative estimate of drug-likeness (QED) is 0.340. The van der Waals surface area contributed by atoms with Gasteiger partial charge in [0.15, 0.2) is 11.6 Å². The van der Waals surface area contributed by atoms with Crippen LogP contribution >= 0.6 is 27.5 Å². The fourth-order valence-corrected chi connectivity index (χ4v) is 3.43. The highest BCUT2D eigenvalue weighted by molar-refractivity contribution is 9.10. The first kappa shape index (κ1) is 21.1. The van der Waals surface area contributed by atoms with E-state index in [0.29, 0.717) is 32.4 Å². The normalized spacial score (nSPS) is 10.8. The standard InChI is InChI=1S/C22H16BrClFN3O3/c23-16-12-28(11-14-5-1-3-7-18(14)25)27-21(16)26-22(29)20-10-9-15(31-20)13-30-19-8-4-2-6-17(19)24/h1-10,12H,11,13H2,(H,26,27,29). The van der Waals surface area contributed by atoms with Crippen molar-refractivity contribution in [3.05, 3.63) is 99.3 Å². The van der Waals surface area contributed by atoms with E-state index in [1.807, 2.05) is 6.07 Å². The molecule has 1 N–H and O–H groups in total.